The first-order valence-corrected chi connectivity index (χ1v) is 9.16. The minimum Gasteiger partial charge on any atom is -0.481 e. The molecular weight excluding hydrogens is 338 g/mol. The molecule has 3 heterocycles. The molecule has 6 nitrogen and oxygen atoms in total. The average Bonchev–Trinajstić information content (AvgIpc) is 3.15. The van der Waals surface area contributed by atoms with Gasteiger partial charge < -0.3 is 14.9 Å². The van der Waals surface area contributed by atoms with Crippen molar-refractivity contribution >= 4 is 39.9 Å². The predicted octanol–water partition coefficient (Wildman–Crippen LogP) is 2.72. The van der Waals surface area contributed by atoms with E-state index in [0.29, 0.717) is 18.0 Å². The van der Waals surface area contributed by atoms with Gasteiger partial charge in [-0.2, -0.15) is 0 Å². The van der Waals surface area contributed by atoms with Gasteiger partial charge >= 0.3 is 5.97 Å². The van der Waals surface area contributed by atoms with Crippen LogP contribution in [0.15, 0.2) is 0 Å². The Kier molecular flexibility index (Phi) is 5.06. The molecule has 0 bridgehead atoms. The van der Waals surface area contributed by atoms with Crippen LogP contribution in [0.4, 0.5) is 5.13 Å². The number of likely N-dealkylation sites (tertiary alicyclic amines) is 1. The summed E-state index contributed by atoms with van der Waals surface area (Å²) >= 11 is 7.54. The first-order valence-electron chi connectivity index (χ1n) is 7.97. The topological polar surface area (TPSA) is 73.7 Å². The van der Waals surface area contributed by atoms with Gasteiger partial charge in [0.1, 0.15) is 4.88 Å². The van der Waals surface area contributed by atoms with Crippen LogP contribution in [0.25, 0.3) is 0 Å². The zero-order valence-electron chi connectivity index (χ0n) is 12.8. The smallest absolute Gasteiger partial charge is 0.303 e. The molecule has 2 aliphatic heterocycles. The van der Waals surface area contributed by atoms with Gasteiger partial charge in [0.05, 0.1) is 0 Å². The standard InChI is InChI=1S/C15H20ClN3O3S/c16-13-12(23-15(17-13)18-5-1-2-6-18)14(22)19-7-3-4-10(9-19)8-11(20)21/h10H,1-9H2,(H,20,21). The summed E-state index contributed by atoms with van der Waals surface area (Å²) in [6.07, 6.45) is 4.08. The number of aliphatic carboxylic acids is 1. The fraction of sp³-hybridized carbons (Fsp3) is 0.667. The van der Waals surface area contributed by atoms with Crippen molar-refractivity contribution in [2.45, 2.75) is 32.1 Å². The largest absolute Gasteiger partial charge is 0.481 e. The number of hydrogen-bond acceptors (Lipinski definition) is 5. The summed E-state index contributed by atoms with van der Waals surface area (Å²) in [5, 5.41) is 10.0. The van der Waals surface area contributed by atoms with E-state index in [1.807, 2.05) is 0 Å². The highest BCUT2D eigenvalue weighted by molar-refractivity contribution is 7.18. The Morgan fingerprint density at radius 2 is 2.00 bits per heavy atom. The fourth-order valence-corrected chi connectivity index (χ4v) is 4.58. The summed E-state index contributed by atoms with van der Waals surface area (Å²) < 4.78 is 0. The number of anilines is 1. The minimum absolute atomic E-state index is 0.0231. The minimum atomic E-state index is -0.809. The van der Waals surface area contributed by atoms with E-state index in [2.05, 4.69) is 9.88 Å². The highest BCUT2D eigenvalue weighted by Crippen LogP contribution is 2.33. The molecule has 1 amide bonds. The quantitative estimate of drug-likeness (QED) is 0.896. The van der Waals surface area contributed by atoms with E-state index in [0.717, 1.165) is 43.9 Å². The van der Waals surface area contributed by atoms with E-state index >= 15 is 0 Å². The second kappa shape index (κ2) is 7.05. The van der Waals surface area contributed by atoms with Gasteiger partial charge in [0.15, 0.2) is 10.3 Å². The maximum atomic E-state index is 12.7. The average molecular weight is 358 g/mol. The Labute approximate surface area is 144 Å². The van der Waals surface area contributed by atoms with Crippen molar-refractivity contribution in [2.24, 2.45) is 5.92 Å². The number of carboxylic acid groups (broad SMARTS) is 1. The lowest BCUT2D eigenvalue weighted by atomic mass is 9.95. The van der Waals surface area contributed by atoms with Crippen molar-refractivity contribution in [2.75, 3.05) is 31.1 Å². The zero-order valence-corrected chi connectivity index (χ0v) is 14.4. The van der Waals surface area contributed by atoms with Crippen molar-refractivity contribution in [1.82, 2.24) is 9.88 Å². The summed E-state index contributed by atoms with van der Waals surface area (Å²) in [4.78, 5) is 32.3. The Bertz CT molecular complexity index is 601. The van der Waals surface area contributed by atoms with Crippen LogP contribution >= 0.6 is 22.9 Å². The van der Waals surface area contributed by atoms with Gasteiger partial charge in [-0.1, -0.05) is 22.9 Å². The van der Waals surface area contributed by atoms with Crippen molar-refractivity contribution in [1.29, 1.82) is 0 Å². The maximum absolute atomic E-state index is 12.7. The molecule has 8 heteroatoms. The molecule has 23 heavy (non-hydrogen) atoms. The fourth-order valence-electron chi connectivity index (χ4n) is 3.27. The van der Waals surface area contributed by atoms with Crippen LogP contribution in [0.1, 0.15) is 41.8 Å². The molecule has 3 rings (SSSR count). The normalized spacial score (nSPS) is 21.7. The number of carbonyl (C=O) groups excluding carboxylic acids is 1. The van der Waals surface area contributed by atoms with Gasteiger partial charge in [-0.25, -0.2) is 4.98 Å². The number of nitrogens with zero attached hydrogens (tertiary/aromatic N) is 3. The van der Waals surface area contributed by atoms with Crippen LogP contribution in [0.5, 0.6) is 0 Å². The van der Waals surface area contributed by atoms with E-state index in [1.165, 1.54) is 11.3 Å². The second-order valence-corrected chi connectivity index (χ2v) is 7.50. The Morgan fingerprint density at radius 3 is 2.70 bits per heavy atom. The third-order valence-corrected chi connectivity index (χ3v) is 5.90. The molecule has 2 saturated heterocycles. The lowest BCUT2D eigenvalue weighted by Gasteiger charge is -2.31. The lowest BCUT2D eigenvalue weighted by Crippen LogP contribution is -2.40. The van der Waals surface area contributed by atoms with Crippen LogP contribution in [0.3, 0.4) is 0 Å². The molecule has 1 aromatic heterocycles. The molecule has 2 fully saturated rings. The molecular formula is C15H20ClN3O3S. The second-order valence-electron chi connectivity index (χ2n) is 6.17. The number of hydrogen-bond donors (Lipinski definition) is 1. The van der Waals surface area contributed by atoms with Crippen molar-refractivity contribution < 1.29 is 14.7 Å². The lowest BCUT2D eigenvalue weighted by molar-refractivity contribution is -0.138. The summed E-state index contributed by atoms with van der Waals surface area (Å²) in [6, 6.07) is 0. The molecule has 1 N–H and O–H groups in total. The number of carboxylic acids is 1. The van der Waals surface area contributed by atoms with E-state index < -0.39 is 5.97 Å². The Morgan fingerprint density at radius 1 is 1.26 bits per heavy atom. The van der Waals surface area contributed by atoms with Crippen LogP contribution in [-0.2, 0) is 4.79 Å². The number of rotatable bonds is 4. The van der Waals surface area contributed by atoms with E-state index in [9.17, 15) is 9.59 Å². The molecule has 0 aromatic carbocycles. The molecule has 0 spiro atoms. The highest BCUT2D eigenvalue weighted by Gasteiger charge is 2.29. The van der Waals surface area contributed by atoms with Gasteiger partial charge in [-0.3, -0.25) is 9.59 Å². The molecule has 2 aliphatic rings. The molecule has 1 unspecified atom stereocenters. The zero-order chi connectivity index (χ0) is 16.4. The van der Waals surface area contributed by atoms with Crippen LogP contribution < -0.4 is 4.90 Å². The van der Waals surface area contributed by atoms with E-state index in [4.69, 9.17) is 16.7 Å². The maximum Gasteiger partial charge on any atom is 0.303 e. The first kappa shape index (κ1) is 16.5. The van der Waals surface area contributed by atoms with E-state index in [1.54, 1.807) is 4.90 Å². The van der Waals surface area contributed by atoms with Gasteiger partial charge in [-0.15, -0.1) is 0 Å². The van der Waals surface area contributed by atoms with Gasteiger partial charge in [0.2, 0.25) is 0 Å². The molecule has 126 valence electrons. The third-order valence-electron chi connectivity index (χ3n) is 4.41. The Hall–Kier alpha value is -1.34. The van der Waals surface area contributed by atoms with Crippen LogP contribution in [-0.4, -0.2) is 53.0 Å². The summed E-state index contributed by atoms with van der Waals surface area (Å²) in [5.41, 5.74) is 0. The van der Waals surface area contributed by atoms with Gasteiger partial charge in [0.25, 0.3) is 5.91 Å². The molecule has 0 radical (unpaired) electrons. The van der Waals surface area contributed by atoms with Crippen LogP contribution in [0, 0.1) is 5.92 Å². The monoisotopic (exact) mass is 357 g/mol. The Balaban J connectivity index is 1.70. The summed E-state index contributed by atoms with van der Waals surface area (Å²) in [5.74, 6) is -0.903. The third kappa shape index (κ3) is 3.77. The van der Waals surface area contributed by atoms with E-state index in [-0.39, 0.29) is 23.4 Å². The van der Waals surface area contributed by atoms with Gasteiger partial charge in [-0.05, 0) is 31.6 Å². The molecule has 0 saturated carbocycles. The number of amides is 1. The predicted molar refractivity (Wildman–Crippen MR) is 89.5 cm³/mol. The SMILES string of the molecule is O=C(O)CC1CCCN(C(=O)c2sc(N3CCCC3)nc2Cl)C1. The molecule has 1 atom stereocenters. The molecule has 1 aromatic rings. The van der Waals surface area contributed by atoms with Gasteiger partial charge in [0, 0.05) is 32.6 Å². The number of carbonyl (C=O) groups is 2. The number of halogens is 1. The summed E-state index contributed by atoms with van der Waals surface area (Å²) in [7, 11) is 0. The van der Waals surface area contributed by atoms with Crippen LogP contribution in [0.2, 0.25) is 5.15 Å². The highest BCUT2D eigenvalue weighted by atomic mass is 35.5. The van der Waals surface area contributed by atoms with Crippen molar-refractivity contribution in [3.63, 3.8) is 0 Å². The summed E-state index contributed by atoms with van der Waals surface area (Å²) in [6.45, 7) is 3.06. The number of aromatic nitrogens is 1. The molecule has 0 aliphatic carbocycles. The van der Waals surface area contributed by atoms with Crippen molar-refractivity contribution in [3.05, 3.63) is 10.0 Å². The van der Waals surface area contributed by atoms with Crippen molar-refractivity contribution in [3.8, 4) is 0 Å². The number of thiazole rings is 1. The number of piperidine rings is 1. The first-order chi connectivity index (χ1) is 11.0.